The lowest BCUT2D eigenvalue weighted by Gasteiger charge is -2.31. The Bertz CT molecular complexity index is 491. The normalized spacial score (nSPS) is 13.3. The fourth-order valence-corrected chi connectivity index (χ4v) is 2.03. The van der Waals surface area contributed by atoms with Crippen LogP contribution in [-0.2, 0) is 0 Å². The molecular formula is C17H22N+. The van der Waals surface area contributed by atoms with Gasteiger partial charge in [0.1, 0.15) is 6.04 Å². The lowest BCUT2D eigenvalue weighted by molar-refractivity contribution is -0.900. The van der Waals surface area contributed by atoms with Crippen molar-refractivity contribution in [1.29, 1.82) is 0 Å². The van der Waals surface area contributed by atoms with Crippen LogP contribution < -0.4 is 0 Å². The standard InChI is InChI=1S/C17H22N/c1-14(18(2,3)4)15-10-12-17(13-11-15)16-8-6-5-7-9-16/h5-14H,1-4H3/q+1. The van der Waals surface area contributed by atoms with Crippen molar-refractivity contribution in [2.24, 2.45) is 0 Å². The lowest BCUT2D eigenvalue weighted by Crippen LogP contribution is -2.37. The van der Waals surface area contributed by atoms with E-state index in [9.17, 15) is 0 Å². The maximum absolute atomic E-state index is 2.28. The largest absolute Gasteiger partial charge is 0.325 e. The molecule has 0 aliphatic carbocycles. The predicted octanol–water partition coefficient (Wildman–Crippen LogP) is 4.12. The first-order valence-corrected chi connectivity index (χ1v) is 6.45. The van der Waals surface area contributed by atoms with Crippen LogP contribution in [0.5, 0.6) is 0 Å². The third kappa shape index (κ3) is 2.80. The molecule has 0 saturated carbocycles. The van der Waals surface area contributed by atoms with E-state index in [-0.39, 0.29) is 0 Å². The van der Waals surface area contributed by atoms with E-state index in [0.29, 0.717) is 6.04 Å². The minimum atomic E-state index is 0.509. The molecule has 2 rings (SSSR count). The molecule has 0 fully saturated rings. The molecule has 0 amide bonds. The Morgan fingerprint density at radius 3 is 1.72 bits per heavy atom. The molecule has 1 atom stereocenters. The van der Waals surface area contributed by atoms with Crippen LogP contribution in [0.4, 0.5) is 0 Å². The molecule has 0 heterocycles. The van der Waals surface area contributed by atoms with Crippen LogP contribution in [0.1, 0.15) is 18.5 Å². The molecule has 2 aromatic carbocycles. The number of hydrogen-bond donors (Lipinski definition) is 0. The first kappa shape index (κ1) is 12.8. The highest BCUT2D eigenvalue weighted by Gasteiger charge is 2.19. The van der Waals surface area contributed by atoms with Gasteiger partial charge in [-0.05, 0) is 18.1 Å². The average molecular weight is 240 g/mol. The highest BCUT2D eigenvalue weighted by Crippen LogP contribution is 2.25. The van der Waals surface area contributed by atoms with Crippen molar-refractivity contribution in [2.75, 3.05) is 21.1 Å². The number of quaternary nitrogens is 1. The van der Waals surface area contributed by atoms with Gasteiger partial charge in [0.2, 0.25) is 0 Å². The minimum absolute atomic E-state index is 0.509. The topological polar surface area (TPSA) is 0 Å². The number of hydrogen-bond acceptors (Lipinski definition) is 0. The van der Waals surface area contributed by atoms with E-state index in [0.717, 1.165) is 4.48 Å². The fourth-order valence-electron chi connectivity index (χ4n) is 2.03. The Hall–Kier alpha value is -1.60. The predicted molar refractivity (Wildman–Crippen MR) is 78.3 cm³/mol. The molecule has 18 heavy (non-hydrogen) atoms. The highest BCUT2D eigenvalue weighted by atomic mass is 15.3. The van der Waals surface area contributed by atoms with Crippen molar-refractivity contribution >= 4 is 0 Å². The van der Waals surface area contributed by atoms with Crippen LogP contribution in [0.3, 0.4) is 0 Å². The number of nitrogens with zero attached hydrogens (tertiary/aromatic N) is 1. The molecule has 94 valence electrons. The Kier molecular flexibility index (Phi) is 3.53. The molecule has 0 N–H and O–H groups in total. The Balaban J connectivity index is 2.26. The van der Waals surface area contributed by atoms with Gasteiger partial charge >= 0.3 is 0 Å². The van der Waals surface area contributed by atoms with Gasteiger partial charge < -0.3 is 4.48 Å². The third-order valence-electron chi connectivity index (χ3n) is 3.66. The van der Waals surface area contributed by atoms with Gasteiger partial charge in [0.15, 0.2) is 0 Å². The molecular weight excluding hydrogens is 218 g/mol. The third-order valence-corrected chi connectivity index (χ3v) is 3.66. The second-order valence-electron chi connectivity index (χ2n) is 5.78. The quantitative estimate of drug-likeness (QED) is 0.708. The van der Waals surface area contributed by atoms with E-state index >= 15 is 0 Å². The van der Waals surface area contributed by atoms with Crippen LogP contribution in [0, 0.1) is 0 Å². The zero-order chi connectivity index (χ0) is 13.2. The van der Waals surface area contributed by atoms with Crippen molar-refractivity contribution < 1.29 is 4.48 Å². The van der Waals surface area contributed by atoms with Gasteiger partial charge in [-0.3, -0.25) is 0 Å². The van der Waals surface area contributed by atoms with E-state index in [1.165, 1.54) is 16.7 Å². The van der Waals surface area contributed by atoms with Crippen molar-refractivity contribution in [3.8, 4) is 11.1 Å². The van der Waals surface area contributed by atoms with Crippen LogP contribution in [-0.4, -0.2) is 25.6 Å². The Morgan fingerprint density at radius 1 is 0.722 bits per heavy atom. The summed E-state index contributed by atoms with van der Waals surface area (Å²) in [7, 11) is 6.70. The summed E-state index contributed by atoms with van der Waals surface area (Å²) in [5, 5.41) is 0. The molecule has 0 aliphatic rings. The van der Waals surface area contributed by atoms with Gasteiger partial charge in [-0.25, -0.2) is 0 Å². The van der Waals surface area contributed by atoms with E-state index in [2.05, 4.69) is 82.7 Å². The van der Waals surface area contributed by atoms with Gasteiger partial charge in [-0.15, -0.1) is 0 Å². The molecule has 1 nitrogen and oxygen atoms in total. The molecule has 0 spiro atoms. The molecule has 2 aromatic rings. The Labute approximate surface area is 110 Å². The fraction of sp³-hybridized carbons (Fsp3) is 0.294. The molecule has 0 aliphatic heterocycles. The molecule has 1 heteroatoms. The summed E-state index contributed by atoms with van der Waals surface area (Å²) < 4.78 is 0.949. The van der Waals surface area contributed by atoms with Crippen LogP contribution in [0.15, 0.2) is 54.6 Å². The highest BCUT2D eigenvalue weighted by molar-refractivity contribution is 5.63. The number of rotatable bonds is 3. The van der Waals surface area contributed by atoms with E-state index in [1.807, 2.05) is 0 Å². The maximum atomic E-state index is 2.28. The first-order chi connectivity index (χ1) is 8.48. The summed E-state index contributed by atoms with van der Waals surface area (Å²) in [5.74, 6) is 0. The molecule has 0 saturated heterocycles. The van der Waals surface area contributed by atoms with Crippen molar-refractivity contribution in [1.82, 2.24) is 0 Å². The van der Waals surface area contributed by atoms with Crippen LogP contribution in [0.25, 0.3) is 11.1 Å². The average Bonchev–Trinajstić information content (AvgIpc) is 2.38. The molecule has 0 aromatic heterocycles. The summed E-state index contributed by atoms with van der Waals surface area (Å²) in [6.07, 6.45) is 0. The van der Waals surface area contributed by atoms with E-state index < -0.39 is 0 Å². The summed E-state index contributed by atoms with van der Waals surface area (Å²) in [6, 6.07) is 20.0. The molecule has 0 radical (unpaired) electrons. The minimum Gasteiger partial charge on any atom is -0.325 e. The van der Waals surface area contributed by atoms with Gasteiger partial charge in [0.25, 0.3) is 0 Å². The smallest absolute Gasteiger partial charge is 0.111 e. The summed E-state index contributed by atoms with van der Waals surface area (Å²) >= 11 is 0. The Morgan fingerprint density at radius 2 is 1.22 bits per heavy atom. The number of benzene rings is 2. The van der Waals surface area contributed by atoms with E-state index in [4.69, 9.17) is 0 Å². The second-order valence-corrected chi connectivity index (χ2v) is 5.78. The SMILES string of the molecule is CC(c1ccc(-c2ccccc2)cc1)[N+](C)(C)C. The second kappa shape index (κ2) is 4.95. The summed E-state index contributed by atoms with van der Waals surface area (Å²) in [6.45, 7) is 2.28. The van der Waals surface area contributed by atoms with E-state index in [1.54, 1.807) is 0 Å². The zero-order valence-electron chi connectivity index (χ0n) is 11.7. The van der Waals surface area contributed by atoms with Gasteiger partial charge in [0, 0.05) is 5.56 Å². The lowest BCUT2D eigenvalue weighted by atomic mass is 10.0. The maximum Gasteiger partial charge on any atom is 0.111 e. The monoisotopic (exact) mass is 240 g/mol. The molecule has 0 bridgehead atoms. The van der Waals surface area contributed by atoms with Gasteiger partial charge in [-0.1, -0.05) is 54.6 Å². The zero-order valence-corrected chi connectivity index (χ0v) is 11.7. The van der Waals surface area contributed by atoms with Crippen molar-refractivity contribution in [2.45, 2.75) is 13.0 Å². The van der Waals surface area contributed by atoms with Crippen molar-refractivity contribution in [3.63, 3.8) is 0 Å². The van der Waals surface area contributed by atoms with Gasteiger partial charge in [0.05, 0.1) is 21.1 Å². The van der Waals surface area contributed by atoms with Gasteiger partial charge in [-0.2, -0.15) is 0 Å². The van der Waals surface area contributed by atoms with Crippen LogP contribution in [0.2, 0.25) is 0 Å². The summed E-state index contributed by atoms with van der Waals surface area (Å²) in [4.78, 5) is 0. The summed E-state index contributed by atoms with van der Waals surface area (Å²) in [5.41, 5.74) is 3.96. The molecule has 1 unspecified atom stereocenters. The first-order valence-electron chi connectivity index (χ1n) is 6.45. The van der Waals surface area contributed by atoms with Crippen LogP contribution >= 0.6 is 0 Å². The van der Waals surface area contributed by atoms with Crippen molar-refractivity contribution in [3.05, 3.63) is 60.2 Å².